The van der Waals surface area contributed by atoms with E-state index >= 15 is 0 Å². The number of hydrogen-bond acceptors (Lipinski definition) is 17. The Bertz CT molecular complexity index is 3580. The first kappa shape index (κ1) is 74.8. The average Bonchev–Trinajstić information content (AvgIpc) is 1.65. The van der Waals surface area contributed by atoms with Crippen molar-refractivity contribution in [2.45, 2.75) is 161 Å². The van der Waals surface area contributed by atoms with Gasteiger partial charge in [0.1, 0.15) is 64.7 Å². The van der Waals surface area contributed by atoms with Crippen molar-refractivity contribution in [1.29, 1.82) is 0 Å². The highest BCUT2D eigenvalue weighted by Crippen LogP contribution is 2.34. The van der Waals surface area contributed by atoms with Gasteiger partial charge in [-0.05, 0) is 168 Å². The van der Waals surface area contributed by atoms with Crippen LogP contribution in [0.5, 0.6) is 11.5 Å². The molecule has 5 aromatic rings. The van der Waals surface area contributed by atoms with Gasteiger partial charge in [-0.2, -0.15) is 0 Å². The van der Waals surface area contributed by atoms with Crippen molar-refractivity contribution in [3.63, 3.8) is 0 Å². The number of amides is 7. The number of aromatic amines is 1. The summed E-state index contributed by atoms with van der Waals surface area (Å²) < 4.78 is 35.0. The maximum Gasteiger partial charge on any atom is 0.411 e. The normalized spacial score (nSPS) is 17.5. The molecule has 0 aliphatic carbocycles. The summed E-state index contributed by atoms with van der Waals surface area (Å²) in [5.41, 5.74) is 0.0765. The van der Waals surface area contributed by atoms with E-state index in [1.165, 1.54) is 16.1 Å². The molecule has 4 aliphatic rings. The first-order valence-corrected chi connectivity index (χ1v) is 35.1. The number of methoxy groups -OCH3 is 1. The van der Waals surface area contributed by atoms with Crippen LogP contribution in [0.4, 0.5) is 20.2 Å². The van der Waals surface area contributed by atoms with Crippen LogP contribution in [0.1, 0.15) is 153 Å². The van der Waals surface area contributed by atoms with Crippen LogP contribution in [0.3, 0.4) is 0 Å². The predicted molar refractivity (Wildman–Crippen MR) is 376 cm³/mol. The first-order valence-electron chi connectivity index (χ1n) is 34.7. The second-order valence-electron chi connectivity index (χ2n) is 29.0. The summed E-state index contributed by atoms with van der Waals surface area (Å²) in [4.78, 5) is 123. The van der Waals surface area contributed by atoms with Crippen LogP contribution in [0.15, 0.2) is 85.3 Å². The molecule has 9 rings (SSSR count). The van der Waals surface area contributed by atoms with E-state index in [2.05, 4.69) is 35.4 Å². The SMILES string of the molecule is CCOc1cc(OC)ccc1CN(CC(=O)N1CCCC(c2cccc(C(=O)N3CCC(OCCN(CC(=O)N4CCN(CC[C@H](NC(=O)C5(NC(=O)OC(C)(C)C)CCN(c6ncnc7[nH]ccc67)CC5)c5ccc(Cl)cc5)CC4)C(=O)OC(C)(C)C)CC3)c2)C1)C(=O)OC(C)(C)C. The highest BCUT2D eigenvalue weighted by Gasteiger charge is 2.45. The van der Waals surface area contributed by atoms with Gasteiger partial charge < -0.3 is 63.6 Å². The van der Waals surface area contributed by atoms with E-state index in [1.54, 1.807) is 103 Å². The first-order chi connectivity index (χ1) is 47.0. The van der Waals surface area contributed by atoms with Gasteiger partial charge in [0.15, 0.2) is 0 Å². The maximum atomic E-state index is 14.9. The Labute approximate surface area is 586 Å². The Balaban J connectivity index is 0.750. The summed E-state index contributed by atoms with van der Waals surface area (Å²) in [5.74, 6) is 1.02. The van der Waals surface area contributed by atoms with Gasteiger partial charge in [-0.1, -0.05) is 35.9 Å². The molecular formula is C73H101ClN12O13. The van der Waals surface area contributed by atoms with E-state index in [4.69, 9.17) is 40.0 Å². The lowest BCUT2D eigenvalue weighted by molar-refractivity contribution is -0.134. The van der Waals surface area contributed by atoms with E-state index in [0.717, 1.165) is 35.2 Å². The summed E-state index contributed by atoms with van der Waals surface area (Å²) >= 11 is 6.37. The smallest absolute Gasteiger partial charge is 0.411 e. The molecule has 25 nitrogen and oxygen atoms in total. The molecule has 6 heterocycles. The minimum atomic E-state index is -1.31. The zero-order chi connectivity index (χ0) is 71.2. The number of fused-ring (bicyclic) bond motifs is 1. The number of carbonyl (C=O) groups excluding carboxylic acids is 7. The van der Waals surface area contributed by atoms with E-state index in [9.17, 15) is 33.6 Å². The molecule has 4 fully saturated rings. The van der Waals surface area contributed by atoms with Crippen molar-refractivity contribution in [3.05, 3.63) is 113 Å². The highest BCUT2D eigenvalue weighted by molar-refractivity contribution is 6.30. The van der Waals surface area contributed by atoms with Crippen LogP contribution in [0, 0.1) is 0 Å². The van der Waals surface area contributed by atoms with Gasteiger partial charge in [-0.3, -0.25) is 33.9 Å². The van der Waals surface area contributed by atoms with E-state index in [1.807, 2.05) is 66.6 Å². The molecule has 4 aliphatic heterocycles. The third kappa shape index (κ3) is 21.1. The molecule has 0 saturated carbocycles. The largest absolute Gasteiger partial charge is 0.497 e. The molecule has 0 spiro atoms. The molecule has 0 radical (unpaired) electrons. The van der Waals surface area contributed by atoms with Gasteiger partial charge in [0.25, 0.3) is 5.91 Å². The number of piperazine rings is 1. The van der Waals surface area contributed by atoms with Crippen molar-refractivity contribution in [1.82, 2.24) is 55.0 Å². The predicted octanol–water partition coefficient (Wildman–Crippen LogP) is 9.98. The number of piperidine rings is 3. The Morgan fingerprint density at radius 2 is 1.39 bits per heavy atom. The lowest BCUT2D eigenvalue weighted by Crippen LogP contribution is -2.64. The molecule has 3 aromatic carbocycles. The molecule has 2 aromatic heterocycles. The van der Waals surface area contributed by atoms with Gasteiger partial charge in [-0.15, -0.1) is 0 Å². The molecule has 3 N–H and O–H groups in total. The van der Waals surface area contributed by atoms with Crippen molar-refractivity contribution < 1.29 is 62.0 Å². The fourth-order valence-electron chi connectivity index (χ4n) is 13.0. The number of benzene rings is 3. The molecule has 1 unspecified atom stereocenters. The number of rotatable bonds is 23. The summed E-state index contributed by atoms with van der Waals surface area (Å²) in [7, 11) is 1.57. The molecule has 4 saturated heterocycles. The zero-order valence-electron chi connectivity index (χ0n) is 59.5. The number of nitrogens with one attached hydrogen (secondary N) is 3. The Morgan fingerprint density at radius 1 is 0.727 bits per heavy atom. The number of hydrogen-bond donors (Lipinski definition) is 3. The lowest BCUT2D eigenvalue weighted by Gasteiger charge is -2.42. The minimum absolute atomic E-state index is 0.0276. The van der Waals surface area contributed by atoms with E-state index < -0.39 is 46.7 Å². The van der Waals surface area contributed by atoms with Crippen LogP contribution in [-0.4, -0.2) is 227 Å². The van der Waals surface area contributed by atoms with Crippen LogP contribution in [0.2, 0.25) is 5.02 Å². The van der Waals surface area contributed by atoms with Crippen molar-refractivity contribution in [2.24, 2.45) is 0 Å². The Kier molecular flexibility index (Phi) is 25.1. The fraction of sp³-hybridized carbons (Fsp3) is 0.575. The second kappa shape index (κ2) is 33.2. The minimum Gasteiger partial charge on any atom is -0.497 e. The van der Waals surface area contributed by atoms with Gasteiger partial charge >= 0.3 is 18.3 Å². The fourth-order valence-corrected chi connectivity index (χ4v) is 13.1. The molecule has 0 bridgehead atoms. The van der Waals surface area contributed by atoms with E-state index in [0.29, 0.717) is 131 Å². The van der Waals surface area contributed by atoms with Crippen LogP contribution >= 0.6 is 11.6 Å². The van der Waals surface area contributed by atoms with E-state index in [-0.39, 0.29) is 81.3 Å². The van der Waals surface area contributed by atoms with Crippen LogP contribution in [0.25, 0.3) is 11.0 Å². The van der Waals surface area contributed by atoms with Gasteiger partial charge in [0.05, 0.1) is 44.4 Å². The molecule has 99 heavy (non-hydrogen) atoms. The van der Waals surface area contributed by atoms with Crippen molar-refractivity contribution in [2.75, 3.05) is 117 Å². The molecule has 538 valence electrons. The lowest BCUT2D eigenvalue weighted by atomic mass is 9.85. The molecule has 26 heteroatoms. The number of halogens is 1. The number of likely N-dealkylation sites (tertiary alicyclic amines) is 2. The molecular weight excluding hydrogens is 1290 g/mol. The molecule has 7 amide bonds. The Morgan fingerprint density at radius 3 is 2.06 bits per heavy atom. The summed E-state index contributed by atoms with van der Waals surface area (Å²) in [6.07, 6.45) is 5.02. The van der Waals surface area contributed by atoms with Gasteiger partial charge in [0.2, 0.25) is 17.7 Å². The average molecular weight is 1390 g/mol. The standard InChI is InChI=1S/C73H101ClN12O13/c1-12-95-60-44-57(94-11)23-20-54(60)46-86(69(93)99-72(8,9)10)48-62(88)84-31-14-17-53(45-84)51-15-13-16-52(43-51)65(89)83-33-25-56(26-34-83)96-42-41-85(68(92)98-71(5,6)7)47-61(87)81-39-37-80(38-40-81)32-27-59(50-18-21-55(74)22-19-50)78-66(90)73(79-67(91)97-70(2,3)4)28-35-82(36-29-73)64-58-24-30-75-63(58)76-49-77-64/h13,15-16,18-24,30,43-44,49,53,56,59H,12,14,17,25-29,31-42,45-48H2,1-11H3,(H,78,90)(H,79,91)(H,75,76,77)/t53?,59-/m0/s1. The van der Waals surface area contributed by atoms with Crippen LogP contribution < -0.4 is 25.0 Å². The number of nitrogens with zero attached hydrogens (tertiary/aromatic N) is 9. The monoisotopic (exact) mass is 1390 g/mol. The summed E-state index contributed by atoms with van der Waals surface area (Å²) in [6.45, 7) is 23.5. The third-order valence-electron chi connectivity index (χ3n) is 18.2. The van der Waals surface area contributed by atoms with Crippen molar-refractivity contribution >= 4 is 70.4 Å². The number of alkyl carbamates (subject to hydrolysis) is 1. The topological polar surface area (TPSA) is 263 Å². The molecule has 2 atom stereocenters. The number of aromatic nitrogens is 3. The number of anilines is 1. The van der Waals surface area contributed by atoms with Crippen molar-refractivity contribution in [3.8, 4) is 11.5 Å². The number of ether oxygens (including phenoxy) is 6. The van der Waals surface area contributed by atoms with Gasteiger partial charge in [0, 0.05) is 113 Å². The number of carbonyl (C=O) groups is 7. The maximum absolute atomic E-state index is 14.9. The van der Waals surface area contributed by atoms with Crippen LogP contribution in [-0.2, 0) is 39.9 Å². The van der Waals surface area contributed by atoms with Gasteiger partial charge in [-0.25, -0.2) is 24.4 Å². The third-order valence-corrected chi connectivity index (χ3v) is 18.4. The summed E-state index contributed by atoms with van der Waals surface area (Å²) in [6, 6.07) is 21.9. The zero-order valence-corrected chi connectivity index (χ0v) is 60.3. The summed E-state index contributed by atoms with van der Waals surface area (Å²) in [5, 5.41) is 7.73. The Hall–Kier alpha value is -8.42. The second-order valence-corrected chi connectivity index (χ2v) is 29.5. The number of H-pyrrole nitrogens is 1. The quantitative estimate of drug-likeness (QED) is 0.0514. The highest BCUT2D eigenvalue weighted by atomic mass is 35.5.